The molecule has 0 aromatic heterocycles. The number of ether oxygens (including phenoxy) is 2. The maximum absolute atomic E-state index is 13.1. The minimum atomic E-state index is -0.0232. The minimum absolute atomic E-state index is 0.0232. The number of piperazine rings is 1. The van der Waals surface area contributed by atoms with E-state index in [0.717, 1.165) is 31.5 Å². The predicted molar refractivity (Wildman–Crippen MR) is 127 cm³/mol. The topological polar surface area (TPSA) is 62.3 Å². The van der Waals surface area contributed by atoms with Gasteiger partial charge in [0.2, 0.25) is 5.91 Å². The molecule has 2 aliphatic rings. The number of benzene rings is 2. The van der Waals surface area contributed by atoms with E-state index in [1.165, 1.54) is 6.42 Å². The van der Waals surface area contributed by atoms with E-state index < -0.39 is 0 Å². The maximum Gasteiger partial charge on any atom is 0.254 e. The number of methoxy groups -OCH3 is 1. The monoisotopic (exact) mass is 451 g/mol. The van der Waals surface area contributed by atoms with Gasteiger partial charge in [0, 0.05) is 44.8 Å². The molecule has 7 nitrogen and oxygen atoms in total. The Morgan fingerprint density at radius 1 is 0.818 bits per heavy atom. The fourth-order valence-electron chi connectivity index (χ4n) is 4.38. The van der Waals surface area contributed by atoms with Gasteiger partial charge in [-0.2, -0.15) is 0 Å². The highest BCUT2D eigenvalue weighted by Gasteiger charge is 2.26. The molecule has 0 bridgehead atoms. The second-order valence-electron chi connectivity index (χ2n) is 8.65. The molecule has 0 spiro atoms. The summed E-state index contributed by atoms with van der Waals surface area (Å²) in [6.45, 7) is 5.28. The van der Waals surface area contributed by atoms with Crippen LogP contribution >= 0.6 is 0 Å². The second-order valence-corrected chi connectivity index (χ2v) is 8.65. The fraction of sp³-hybridized carbons (Fsp3) is 0.462. The fourth-order valence-corrected chi connectivity index (χ4v) is 4.38. The zero-order chi connectivity index (χ0) is 23.0. The third-order valence-corrected chi connectivity index (χ3v) is 6.37. The maximum atomic E-state index is 13.1. The van der Waals surface area contributed by atoms with E-state index in [0.29, 0.717) is 56.4 Å². The second kappa shape index (κ2) is 11.2. The third-order valence-electron chi connectivity index (χ3n) is 6.37. The van der Waals surface area contributed by atoms with Crippen LogP contribution in [0.1, 0.15) is 35.2 Å². The van der Waals surface area contributed by atoms with Crippen LogP contribution in [0.4, 0.5) is 0 Å². The molecule has 0 radical (unpaired) electrons. The van der Waals surface area contributed by atoms with E-state index in [1.54, 1.807) is 25.3 Å². The van der Waals surface area contributed by atoms with Crippen LogP contribution < -0.4 is 9.47 Å². The summed E-state index contributed by atoms with van der Waals surface area (Å²) in [6.07, 6.45) is 3.43. The Kier molecular flexibility index (Phi) is 7.83. The molecular formula is C26H33N3O4. The summed E-state index contributed by atoms with van der Waals surface area (Å²) in [4.78, 5) is 31.6. The molecule has 2 saturated heterocycles. The summed E-state index contributed by atoms with van der Waals surface area (Å²) in [7, 11) is 1.58. The number of nitrogens with zero attached hydrogens (tertiary/aromatic N) is 3. The first-order valence-electron chi connectivity index (χ1n) is 11.8. The van der Waals surface area contributed by atoms with Crippen molar-refractivity contribution in [2.75, 3.05) is 52.9 Å². The Balaban J connectivity index is 1.30. The molecular weight excluding hydrogens is 418 g/mol. The number of amides is 2. The first-order valence-corrected chi connectivity index (χ1v) is 11.8. The van der Waals surface area contributed by atoms with Crippen LogP contribution in [0, 0.1) is 0 Å². The molecule has 2 fully saturated rings. The average Bonchev–Trinajstić information content (AvgIpc) is 2.88. The van der Waals surface area contributed by atoms with Crippen LogP contribution in [0.3, 0.4) is 0 Å². The average molecular weight is 452 g/mol. The Labute approximate surface area is 195 Å². The summed E-state index contributed by atoms with van der Waals surface area (Å²) < 4.78 is 11.4. The number of rotatable bonds is 7. The summed E-state index contributed by atoms with van der Waals surface area (Å²) in [5.74, 6) is 1.34. The van der Waals surface area contributed by atoms with Gasteiger partial charge in [-0.25, -0.2) is 0 Å². The lowest BCUT2D eigenvalue weighted by molar-refractivity contribution is -0.133. The van der Waals surface area contributed by atoms with Gasteiger partial charge in [0.15, 0.2) is 11.5 Å². The summed E-state index contributed by atoms with van der Waals surface area (Å²) in [6, 6.07) is 15.3. The lowest BCUT2D eigenvalue weighted by Crippen LogP contribution is -2.52. The normalized spacial score (nSPS) is 17.0. The highest BCUT2D eigenvalue weighted by Crippen LogP contribution is 2.29. The van der Waals surface area contributed by atoms with Gasteiger partial charge in [0.25, 0.3) is 5.91 Å². The number of carbonyl (C=O) groups excluding carboxylic acids is 2. The van der Waals surface area contributed by atoms with Crippen molar-refractivity contribution in [1.82, 2.24) is 14.7 Å². The van der Waals surface area contributed by atoms with Crippen LogP contribution in [0.15, 0.2) is 48.5 Å². The Bertz CT molecular complexity index is 936. The Morgan fingerprint density at radius 3 is 2.24 bits per heavy atom. The Morgan fingerprint density at radius 2 is 1.55 bits per heavy atom. The van der Waals surface area contributed by atoms with Crippen molar-refractivity contribution in [3.8, 4) is 11.5 Å². The van der Waals surface area contributed by atoms with Crippen molar-refractivity contribution in [3.63, 3.8) is 0 Å². The van der Waals surface area contributed by atoms with Gasteiger partial charge >= 0.3 is 0 Å². The van der Waals surface area contributed by atoms with Gasteiger partial charge < -0.3 is 19.3 Å². The molecule has 7 heteroatoms. The van der Waals surface area contributed by atoms with E-state index in [4.69, 9.17) is 9.47 Å². The molecule has 0 aliphatic carbocycles. The van der Waals surface area contributed by atoms with Crippen LogP contribution in [0.25, 0.3) is 0 Å². The van der Waals surface area contributed by atoms with E-state index in [2.05, 4.69) is 4.90 Å². The van der Waals surface area contributed by atoms with Crippen molar-refractivity contribution in [2.45, 2.75) is 25.9 Å². The molecule has 0 saturated carbocycles. The molecule has 0 atom stereocenters. The Hall–Kier alpha value is -3.06. The van der Waals surface area contributed by atoms with Crippen molar-refractivity contribution in [1.29, 1.82) is 0 Å². The molecule has 176 valence electrons. The molecule has 0 unspecified atom stereocenters. The predicted octanol–water partition coefficient (Wildman–Crippen LogP) is 3.04. The van der Waals surface area contributed by atoms with Crippen molar-refractivity contribution >= 4 is 11.8 Å². The van der Waals surface area contributed by atoms with Gasteiger partial charge in [-0.1, -0.05) is 30.3 Å². The van der Waals surface area contributed by atoms with Crippen LogP contribution in [-0.2, 0) is 11.4 Å². The molecule has 33 heavy (non-hydrogen) atoms. The standard InChI is InChI=1S/C26H33N3O4/c1-32-24-18-22(10-11-23(24)33-20-21-8-4-2-5-9-21)26(31)29-16-14-27(15-17-29)19-25(30)28-12-6-3-7-13-28/h2,4-5,8-11,18H,3,6-7,12-17,19-20H2,1H3. The number of likely N-dealkylation sites (tertiary alicyclic amines) is 1. The zero-order valence-corrected chi connectivity index (χ0v) is 19.4. The quantitative estimate of drug-likeness (QED) is 0.648. The molecule has 2 aliphatic heterocycles. The summed E-state index contributed by atoms with van der Waals surface area (Å²) in [5, 5.41) is 0. The molecule has 2 heterocycles. The van der Waals surface area contributed by atoms with Gasteiger partial charge in [-0.3, -0.25) is 14.5 Å². The van der Waals surface area contributed by atoms with E-state index in [1.807, 2.05) is 40.1 Å². The highest BCUT2D eigenvalue weighted by atomic mass is 16.5. The van der Waals surface area contributed by atoms with E-state index in [9.17, 15) is 9.59 Å². The van der Waals surface area contributed by atoms with Crippen molar-refractivity contribution in [3.05, 3.63) is 59.7 Å². The summed E-state index contributed by atoms with van der Waals surface area (Å²) in [5.41, 5.74) is 1.65. The SMILES string of the molecule is COc1cc(C(=O)N2CCN(CC(=O)N3CCCCC3)CC2)ccc1OCc1ccccc1. The minimum Gasteiger partial charge on any atom is -0.493 e. The molecule has 2 amide bonds. The van der Waals surface area contributed by atoms with Crippen molar-refractivity contribution in [2.24, 2.45) is 0 Å². The number of piperidine rings is 1. The van der Waals surface area contributed by atoms with Crippen LogP contribution in [0.5, 0.6) is 11.5 Å². The van der Waals surface area contributed by atoms with Crippen LogP contribution in [0.2, 0.25) is 0 Å². The highest BCUT2D eigenvalue weighted by molar-refractivity contribution is 5.95. The van der Waals surface area contributed by atoms with Gasteiger partial charge in [-0.05, 0) is 43.0 Å². The molecule has 2 aromatic carbocycles. The third kappa shape index (κ3) is 6.05. The zero-order valence-electron chi connectivity index (χ0n) is 19.4. The molecule has 2 aromatic rings. The largest absolute Gasteiger partial charge is 0.493 e. The number of hydrogen-bond donors (Lipinski definition) is 0. The molecule has 0 N–H and O–H groups in total. The smallest absolute Gasteiger partial charge is 0.254 e. The first-order chi connectivity index (χ1) is 16.1. The number of carbonyl (C=O) groups is 2. The van der Waals surface area contributed by atoms with Gasteiger partial charge in [0.05, 0.1) is 13.7 Å². The van der Waals surface area contributed by atoms with Crippen LogP contribution in [-0.4, -0.2) is 79.4 Å². The van der Waals surface area contributed by atoms with Crippen molar-refractivity contribution < 1.29 is 19.1 Å². The molecule has 4 rings (SSSR count). The van der Waals surface area contributed by atoms with E-state index >= 15 is 0 Å². The summed E-state index contributed by atoms with van der Waals surface area (Å²) >= 11 is 0. The lowest BCUT2D eigenvalue weighted by Gasteiger charge is -2.36. The number of hydrogen-bond acceptors (Lipinski definition) is 5. The first kappa shape index (κ1) is 23.1. The lowest BCUT2D eigenvalue weighted by atomic mass is 10.1. The van der Waals surface area contributed by atoms with Gasteiger partial charge in [-0.15, -0.1) is 0 Å². The van der Waals surface area contributed by atoms with E-state index in [-0.39, 0.29) is 11.8 Å². The van der Waals surface area contributed by atoms with Gasteiger partial charge in [0.1, 0.15) is 6.61 Å².